The molecule has 1 unspecified atom stereocenters. The van der Waals surface area contributed by atoms with Gasteiger partial charge in [-0.1, -0.05) is 36.4 Å². The number of phenols is 1. The molecule has 3 N–H and O–H groups in total. The van der Waals surface area contributed by atoms with E-state index in [1.165, 1.54) is 23.9 Å². The highest BCUT2D eigenvalue weighted by molar-refractivity contribution is 7.99. The number of benzene rings is 2. The average Bonchev–Trinajstić information content (AvgIpc) is 3.22. The Morgan fingerprint density at radius 1 is 1.05 bits per heavy atom. The number of carboxylic acids is 1. The van der Waals surface area contributed by atoms with Crippen molar-refractivity contribution in [1.29, 1.82) is 0 Å². The second-order valence-corrected chi connectivity index (χ2v) is 13.6. The lowest BCUT2D eigenvalue weighted by Crippen LogP contribution is -2.69. The molecule has 0 radical (unpaired) electrons. The van der Waals surface area contributed by atoms with E-state index < -0.39 is 52.0 Å². The normalized spacial score (nSPS) is 36.8. The first kappa shape index (κ1) is 28.7. The van der Waals surface area contributed by atoms with E-state index >= 15 is 4.39 Å². The molecule has 42 heavy (non-hydrogen) atoms. The maximum atomic E-state index is 17.3. The van der Waals surface area contributed by atoms with Crippen LogP contribution < -0.4 is 0 Å². The van der Waals surface area contributed by atoms with Crippen molar-refractivity contribution in [2.45, 2.75) is 73.1 Å². The van der Waals surface area contributed by atoms with Gasteiger partial charge in [0, 0.05) is 26.5 Å². The fraction of sp³-hybridized carbons (Fsp3) is 0.424. The number of hydrogen-bond donors (Lipinski definition) is 3. The summed E-state index contributed by atoms with van der Waals surface area (Å²) in [5.41, 5.74) is -5.62. The van der Waals surface area contributed by atoms with E-state index in [-0.39, 0.29) is 29.9 Å². The van der Waals surface area contributed by atoms with Gasteiger partial charge in [-0.2, -0.15) is 0 Å². The van der Waals surface area contributed by atoms with E-state index in [1.54, 1.807) is 62.4 Å². The Hall–Kier alpha value is -3.43. The Morgan fingerprint density at radius 3 is 2.48 bits per heavy atom. The number of ether oxygens (including phenoxy) is 1. The van der Waals surface area contributed by atoms with Crippen molar-refractivity contribution in [3.63, 3.8) is 0 Å². The molecular weight excluding hydrogens is 559 g/mol. The molecule has 3 fully saturated rings. The quantitative estimate of drug-likeness (QED) is 0.368. The summed E-state index contributed by atoms with van der Waals surface area (Å²) in [4.78, 5) is 40.1. The summed E-state index contributed by atoms with van der Waals surface area (Å²) in [6, 6.07) is 13.3. The Kier molecular flexibility index (Phi) is 6.70. The van der Waals surface area contributed by atoms with E-state index in [0.717, 1.165) is 9.79 Å². The van der Waals surface area contributed by atoms with Crippen molar-refractivity contribution in [2.75, 3.05) is 0 Å². The summed E-state index contributed by atoms with van der Waals surface area (Å²) < 4.78 is 23.3. The van der Waals surface area contributed by atoms with Crippen LogP contribution in [0.1, 0.15) is 56.3 Å². The van der Waals surface area contributed by atoms with Gasteiger partial charge in [-0.15, -0.1) is 0 Å². The van der Waals surface area contributed by atoms with Crippen molar-refractivity contribution in [3.05, 3.63) is 77.9 Å². The van der Waals surface area contributed by atoms with Crippen LogP contribution in [-0.4, -0.2) is 50.4 Å². The summed E-state index contributed by atoms with van der Waals surface area (Å²) in [6.07, 6.45) is 3.80. The smallest absolute Gasteiger partial charge is 0.348 e. The van der Waals surface area contributed by atoms with Crippen LogP contribution in [0.3, 0.4) is 0 Å². The van der Waals surface area contributed by atoms with E-state index in [4.69, 9.17) is 4.74 Å². The zero-order chi connectivity index (χ0) is 30.1. The average molecular weight is 593 g/mol. The summed E-state index contributed by atoms with van der Waals surface area (Å²) >= 11 is 1.39. The number of carbonyl (C=O) groups is 3. The number of carbonyl (C=O) groups excluding carboxylic acids is 2. The number of aliphatic carboxylic acids is 1. The molecule has 7 nitrogen and oxygen atoms in total. The number of hydrogen-bond acceptors (Lipinski definition) is 7. The van der Waals surface area contributed by atoms with Crippen molar-refractivity contribution >= 4 is 29.5 Å². The van der Waals surface area contributed by atoms with E-state index in [1.807, 2.05) is 6.07 Å². The topological polar surface area (TPSA) is 121 Å². The number of alkyl halides is 1. The predicted octanol–water partition coefficient (Wildman–Crippen LogP) is 5.89. The van der Waals surface area contributed by atoms with E-state index in [9.17, 15) is 29.7 Å². The molecule has 0 heterocycles. The molecule has 220 valence electrons. The lowest BCUT2D eigenvalue weighted by Gasteiger charge is -2.62. The number of halogens is 1. The van der Waals surface area contributed by atoms with Crippen molar-refractivity contribution < 1.29 is 38.8 Å². The van der Waals surface area contributed by atoms with Crippen LogP contribution in [0, 0.1) is 22.7 Å². The van der Waals surface area contributed by atoms with Crippen molar-refractivity contribution in [3.8, 4) is 5.75 Å². The Bertz CT molecular complexity index is 1540. The first-order valence-corrected chi connectivity index (χ1v) is 15.0. The molecule has 0 spiro atoms. The number of allylic oxidation sites excluding steroid dienone is 4. The predicted molar refractivity (Wildman–Crippen MR) is 153 cm³/mol. The van der Waals surface area contributed by atoms with Crippen LogP contribution in [0.15, 0.2) is 82.1 Å². The molecule has 6 rings (SSSR count). The molecule has 0 aliphatic heterocycles. The molecule has 0 amide bonds. The number of ketones is 1. The Balaban J connectivity index is 1.28. The van der Waals surface area contributed by atoms with Gasteiger partial charge in [-0.25, -0.2) is 14.0 Å². The van der Waals surface area contributed by atoms with E-state index in [0.29, 0.717) is 24.8 Å². The van der Waals surface area contributed by atoms with Gasteiger partial charge in [0.1, 0.15) is 5.75 Å². The lowest BCUT2D eigenvalue weighted by atomic mass is 9.45. The van der Waals surface area contributed by atoms with Crippen LogP contribution in [0.2, 0.25) is 0 Å². The number of phenolic OH excluding ortho intramolecular Hbond substituents is 1. The minimum atomic E-state index is -2.10. The van der Waals surface area contributed by atoms with Gasteiger partial charge in [0.15, 0.2) is 11.5 Å². The largest absolute Gasteiger partial charge is 0.508 e. The highest BCUT2D eigenvalue weighted by atomic mass is 32.2. The highest BCUT2D eigenvalue weighted by Crippen LogP contribution is 2.70. The van der Waals surface area contributed by atoms with Gasteiger partial charge in [0.05, 0.1) is 11.7 Å². The van der Waals surface area contributed by atoms with Gasteiger partial charge in [-0.05, 0) is 99.6 Å². The number of fused-ring (bicyclic) bond motifs is 5. The van der Waals surface area contributed by atoms with Gasteiger partial charge < -0.3 is 20.1 Å². The Labute approximate surface area is 247 Å². The second-order valence-electron chi connectivity index (χ2n) is 12.4. The van der Waals surface area contributed by atoms with Crippen LogP contribution in [0.5, 0.6) is 5.75 Å². The third-order valence-electron chi connectivity index (χ3n) is 10.5. The molecule has 0 aromatic heterocycles. The summed E-state index contributed by atoms with van der Waals surface area (Å²) in [5.74, 6) is -3.30. The number of esters is 1. The van der Waals surface area contributed by atoms with Crippen LogP contribution in [-0.2, 0) is 14.3 Å². The first-order valence-electron chi connectivity index (χ1n) is 14.2. The first-order chi connectivity index (χ1) is 19.8. The SMILES string of the molecule is C[C@]12C=CC(=O)C=C1CC[C@H]1[C@@H]3CC[C@@](OC(=O)c4ccc(Sc5cccc(O)c5)cc4)(C(=O)O)[C@@]3(C)C[C@H](O)C12F. The van der Waals surface area contributed by atoms with E-state index in [2.05, 4.69) is 0 Å². The monoisotopic (exact) mass is 592 g/mol. The molecule has 2 aromatic carbocycles. The summed E-state index contributed by atoms with van der Waals surface area (Å²) in [7, 11) is 0. The third-order valence-corrected chi connectivity index (χ3v) is 11.5. The van der Waals surface area contributed by atoms with Crippen LogP contribution in [0.25, 0.3) is 0 Å². The van der Waals surface area contributed by atoms with Crippen molar-refractivity contribution in [2.24, 2.45) is 22.7 Å². The number of aliphatic hydroxyl groups excluding tert-OH is 1. The number of rotatable bonds is 5. The van der Waals surface area contributed by atoms with Crippen LogP contribution >= 0.6 is 11.8 Å². The fourth-order valence-electron chi connectivity index (χ4n) is 8.32. The number of aromatic hydroxyl groups is 1. The van der Waals surface area contributed by atoms with Gasteiger partial charge >= 0.3 is 11.9 Å². The summed E-state index contributed by atoms with van der Waals surface area (Å²) in [5, 5.41) is 31.8. The van der Waals surface area contributed by atoms with Crippen LogP contribution in [0.4, 0.5) is 4.39 Å². The minimum Gasteiger partial charge on any atom is -0.508 e. The molecule has 0 saturated heterocycles. The van der Waals surface area contributed by atoms with Gasteiger partial charge in [0.25, 0.3) is 0 Å². The molecule has 7 atom stereocenters. The molecule has 3 saturated carbocycles. The molecule has 9 heteroatoms. The molecule has 4 aliphatic carbocycles. The second kappa shape index (κ2) is 9.81. The van der Waals surface area contributed by atoms with Gasteiger partial charge in [0.2, 0.25) is 5.60 Å². The number of aliphatic hydroxyl groups is 1. The minimum absolute atomic E-state index is 0.00765. The maximum Gasteiger partial charge on any atom is 0.348 e. The zero-order valence-electron chi connectivity index (χ0n) is 23.4. The maximum absolute atomic E-state index is 17.3. The standard InChI is InChI=1S/C33H33FO7S/c1-30-14-12-22(36)16-20(30)8-11-26-25-13-15-32(29(39)40,31(25,2)18-27(37)33(26,30)34)41-28(38)19-6-9-23(10-7-19)42-24-5-3-4-21(35)17-24/h3-7,9-10,12,14,16-17,25-27,35,37H,8,11,13,15,18H2,1-2H3,(H,39,40)/t25-,26-,27-,30-,31-,32+,33?/m0/s1. The zero-order valence-corrected chi connectivity index (χ0v) is 24.2. The van der Waals surface area contributed by atoms with Gasteiger partial charge in [-0.3, -0.25) is 4.79 Å². The van der Waals surface area contributed by atoms with Crippen molar-refractivity contribution in [1.82, 2.24) is 0 Å². The fourth-order valence-corrected chi connectivity index (χ4v) is 9.19. The highest BCUT2D eigenvalue weighted by Gasteiger charge is 2.76. The molecule has 0 bridgehead atoms. The molecule has 2 aromatic rings. The summed E-state index contributed by atoms with van der Waals surface area (Å²) in [6.45, 7) is 3.42. The number of carboxylic acid groups (broad SMARTS) is 1. The molecular formula is C33H33FO7S. The third kappa shape index (κ3) is 4.00. The Morgan fingerprint density at radius 2 is 1.79 bits per heavy atom. The molecule has 4 aliphatic rings. The lowest BCUT2D eigenvalue weighted by molar-refractivity contribution is -0.222.